The van der Waals surface area contributed by atoms with Crippen LogP contribution in [-0.4, -0.2) is 0 Å². The minimum Gasteiger partial charge on any atom is -0.308 e. The van der Waals surface area contributed by atoms with Gasteiger partial charge in [0.05, 0.1) is 11.4 Å². The number of para-hydroxylation sites is 2. The van der Waals surface area contributed by atoms with Gasteiger partial charge in [0.15, 0.2) is 0 Å². The molecule has 0 saturated heterocycles. The molecule has 0 amide bonds. The van der Waals surface area contributed by atoms with E-state index in [1.54, 1.807) is 0 Å². The monoisotopic (exact) mass is 577 g/mol. The topological polar surface area (TPSA) is 3.24 Å². The molecule has 1 heterocycles. The summed E-state index contributed by atoms with van der Waals surface area (Å²) in [5.74, 6) is 0. The van der Waals surface area contributed by atoms with Crippen molar-refractivity contribution in [2.24, 2.45) is 0 Å². The van der Waals surface area contributed by atoms with E-state index in [0.29, 0.717) is 0 Å². The Morgan fingerprint density at radius 1 is 0.386 bits per heavy atom. The summed E-state index contributed by atoms with van der Waals surface area (Å²) in [5, 5.41) is 7.72. The van der Waals surface area contributed by atoms with E-state index in [9.17, 15) is 0 Å². The van der Waals surface area contributed by atoms with Crippen LogP contribution in [0.2, 0.25) is 0 Å². The van der Waals surface area contributed by atoms with Crippen LogP contribution in [0.4, 0.5) is 17.1 Å². The molecular weight excluding hydrogens is 551 g/mol. The van der Waals surface area contributed by atoms with Gasteiger partial charge in [0.1, 0.15) is 0 Å². The van der Waals surface area contributed by atoms with Gasteiger partial charge in [-0.15, -0.1) is 0 Å². The molecule has 9 rings (SSSR count). The van der Waals surface area contributed by atoms with Crippen molar-refractivity contribution in [2.75, 3.05) is 4.90 Å². The Hall–Kier alpha value is -5.31. The highest BCUT2D eigenvalue weighted by molar-refractivity contribution is 7.99. The van der Waals surface area contributed by atoms with Crippen LogP contribution < -0.4 is 4.90 Å². The predicted molar refractivity (Wildman–Crippen MR) is 189 cm³/mol. The van der Waals surface area contributed by atoms with Gasteiger partial charge in [-0.05, 0) is 103 Å². The van der Waals surface area contributed by atoms with Crippen molar-refractivity contribution in [1.29, 1.82) is 0 Å². The predicted octanol–water partition coefficient (Wildman–Crippen LogP) is 12.4. The van der Waals surface area contributed by atoms with Crippen molar-refractivity contribution in [3.8, 4) is 22.3 Å². The first-order chi connectivity index (χ1) is 21.8. The summed E-state index contributed by atoms with van der Waals surface area (Å²) in [7, 11) is 0. The molecule has 0 unspecified atom stereocenters. The molecule has 0 spiro atoms. The average Bonchev–Trinajstić information content (AvgIpc) is 3.10. The molecule has 206 valence electrons. The van der Waals surface area contributed by atoms with Crippen LogP contribution in [0.25, 0.3) is 54.6 Å². The molecule has 2 heteroatoms. The lowest BCUT2D eigenvalue weighted by Crippen LogP contribution is -2.14. The molecule has 1 aliphatic rings. The van der Waals surface area contributed by atoms with Gasteiger partial charge in [-0.1, -0.05) is 127 Å². The molecule has 8 aromatic rings. The second-order valence-electron chi connectivity index (χ2n) is 11.3. The number of hydrogen-bond acceptors (Lipinski definition) is 2. The number of rotatable bonds is 3. The summed E-state index contributed by atoms with van der Waals surface area (Å²) in [6.45, 7) is 0. The minimum atomic E-state index is 1.16. The van der Waals surface area contributed by atoms with Crippen LogP contribution in [-0.2, 0) is 0 Å². The molecule has 8 aromatic carbocycles. The average molecular weight is 578 g/mol. The summed E-state index contributed by atoms with van der Waals surface area (Å²) in [6, 6.07) is 59.7. The van der Waals surface area contributed by atoms with Crippen LogP contribution >= 0.6 is 11.8 Å². The summed E-state index contributed by atoms with van der Waals surface area (Å²) in [4.78, 5) is 4.94. The minimum absolute atomic E-state index is 1.16. The molecule has 0 radical (unpaired) electrons. The zero-order chi connectivity index (χ0) is 29.0. The van der Waals surface area contributed by atoms with Crippen molar-refractivity contribution >= 4 is 61.1 Å². The fraction of sp³-hybridized carbons (Fsp3) is 0. The van der Waals surface area contributed by atoms with E-state index in [0.717, 1.165) is 5.69 Å². The fourth-order valence-electron chi connectivity index (χ4n) is 6.85. The smallest absolute Gasteiger partial charge is 0.0601 e. The lowest BCUT2D eigenvalue weighted by atomic mass is 9.87. The van der Waals surface area contributed by atoms with Crippen molar-refractivity contribution in [2.45, 2.75) is 9.79 Å². The number of anilines is 3. The quantitative estimate of drug-likeness (QED) is 0.192. The highest BCUT2D eigenvalue weighted by Crippen LogP contribution is 2.51. The van der Waals surface area contributed by atoms with Gasteiger partial charge in [-0.25, -0.2) is 0 Å². The number of benzene rings is 8. The van der Waals surface area contributed by atoms with Crippen molar-refractivity contribution < 1.29 is 0 Å². The second kappa shape index (κ2) is 10.2. The van der Waals surface area contributed by atoms with Crippen LogP contribution in [0.1, 0.15) is 0 Å². The van der Waals surface area contributed by atoms with Crippen LogP contribution in [0.5, 0.6) is 0 Å². The van der Waals surface area contributed by atoms with Gasteiger partial charge >= 0.3 is 0 Å². The molecular formula is C42H27NS. The molecule has 0 saturated carbocycles. The first-order valence-electron chi connectivity index (χ1n) is 15.0. The third-order valence-electron chi connectivity index (χ3n) is 8.82. The normalized spacial score (nSPS) is 12.4. The Morgan fingerprint density at radius 2 is 0.841 bits per heavy atom. The van der Waals surface area contributed by atoms with Gasteiger partial charge in [-0.3, -0.25) is 0 Å². The zero-order valence-corrected chi connectivity index (χ0v) is 24.8. The zero-order valence-electron chi connectivity index (χ0n) is 23.9. The summed E-state index contributed by atoms with van der Waals surface area (Å²) in [6.07, 6.45) is 0. The molecule has 1 aliphatic heterocycles. The van der Waals surface area contributed by atoms with Crippen LogP contribution in [0, 0.1) is 0 Å². The molecule has 44 heavy (non-hydrogen) atoms. The fourth-order valence-corrected chi connectivity index (χ4v) is 7.91. The summed E-state index contributed by atoms with van der Waals surface area (Å²) < 4.78 is 0. The molecule has 0 N–H and O–H groups in total. The number of nitrogens with zero attached hydrogens (tertiary/aromatic N) is 1. The number of fused-ring (bicyclic) bond motifs is 7. The highest BCUT2D eigenvalue weighted by atomic mass is 32.2. The Bertz CT molecular complexity index is 2310. The molecule has 0 atom stereocenters. The second-order valence-corrected chi connectivity index (χ2v) is 12.4. The van der Waals surface area contributed by atoms with Crippen LogP contribution in [0.3, 0.4) is 0 Å². The molecule has 0 aromatic heterocycles. The lowest BCUT2D eigenvalue weighted by molar-refractivity contribution is 1.17. The van der Waals surface area contributed by atoms with Gasteiger partial charge in [0.25, 0.3) is 0 Å². The summed E-state index contributed by atoms with van der Waals surface area (Å²) >= 11 is 1.84. The Kier molecular flexibility index (Phi) is 5.82. The molecule has 1 nitrogen and oxygen atoms in total. The Balaban J connectivity index is 1.24. The van der Waals surface area contributed by atoms with Crippen LogP contribution in [0.15, 0.2) is 174 Å². The summed E-state index contributed by atoms with van der Waals surface area (Å²) in [5.41, 5.74) is 8.59. The van der Waals surface area contributed by atoms with E-state index in [-0.39, 0.29) is 0 Å². The maximum atomic E-state index is 2.40. The highest BCUT2D eigenvalue weighted by Gasteiger charge is 2.24. The largest absolute Gasteiger partial charge is 0.308 e. The first kappa shape index (κ1) is 25.2. The van der Waals surface area contributed by atoms with Gasteiger partial charge < -0.3 is 4.90 Å². The third-order valence-corrected chi connectivity index (χ3v) is 9.95. The van der Waals surface area contributed by atoms with E-state index in [2.05, 4.69) is 169 Å². The van der Waals surface area contributed by atoms with Crippen molar-refractivity contribution in [3.05, 3.63) is 164 Å². The first-order valence-corrected chi connectivity index (χ1v) is 15.8. The molecule has 0 fully saturated rings. The van der Waals surface area contributed by atoms with E-state index >= 15 is 0 Å². The Morgan fingerprint density at radius 3 is 1.41 bits per heavy atom. The maximum Gasteiger partial charge on any atom is 0.0601 e. The van der Waals surface area contributed by atoms with Gasteiger partial charge in [-0.2, -0.15) is 0 Å². The van der Waals surface area contributed by atoms with E-state index in [4.69, 9.17) is 0 Å². The standard InChI is InChI=1S/C42H27NS/c1-2-12-28(13-3-1)36-26-30-27-37(33-15-5-7-17-35(33)42(30)34-16-6-4-14-32(34)36)29-22-24-31(25-23-29)43-38-18-8-10-20-40(38)44-41-21-11-9-19-39(41)43/h1-27H. The lowest BCUT2D eigenvalue weighted by Gasteiger charge is -2.32. The van der Waals surface area contributed by atoms with E-state index in [1.807, 2.05) is 11.8 Å². The molecule has 0 aliphatic carbocycles. The SMILES string of the molecule is c1ccc(-c2cc3cc(-c4ccc(N5c6ccccc6Sc6ccccc65)cc4)c4ccccc4c3c3ccccc23)cc1. The number of hydrogen-bond donors (Lipinski definition) is 0. The van der Waals surface area contributed by atoms with Crippen molar-refractivity contribution in [3.63, 3.8) is 0 Å². The molecule has 0 bridgehead atoms. The third kappa shape index (κ3) is 3.96. The van der Waals surface area contributed by atoms with Gasteiger partial charge in [0, 0.05) is 15.5 Å². The van der Waals surface area contributed by atoms with Gasteiger partial charge in [0.2, 0.25) is 0 Å². The Labute approximate surface area is 261 Å². The van der Waals surface area contributed by atoms with E-state index < -0.39 is 0 Å². The van der Waals surface area contributed by atoms with E-state index in [1.165, 1.54) is 75.7 Å². The van der Waals surface area contributed by atoms with Crippen molar-refractivity contribution in [1.82, 2.24) is 0 Å². The maximum absolute atomic E-state index is 2.40.